The normalized spacial score (nSPS) is 11.3. The monoisotopic (exact) mass is 438 g/mol. The van der Waals surface area contributed by atoms with Crippen LogP contribution in [0.5, 0.6) is 5.75 Å². The lowest BCUT2D eigenvalue weighted by atomic mass is 10.2. The first-order valence-electron chi connectivity index (χ1n) is 9.54. The largest absolute Gasteiger partial charge is 0.494 e. The molecule has 3 aromatic rings. The Labute approximate surface area is 181 Å². The Hall–Kier alpha value is -3.72. The van der Waals surface area contributed by atoms with Crippen molar-refractivity contribution in [2.24, 2.45) is 5.10 Å². The summed E-state index contributed by atoms with van der Waals surface area (Å²) in [5.41, 5.74) is 3.11. The first-order chi connectivity index (χ1) is 15.0. The van der Waals surface area contributed by atoms with E-state index >= 15 is 0 Å². The van der Waals surface area contributed by atoms with Crippen LogP contribution in [0.1, 0.15) is 12.5 Å². The highest BCUT2D eigenvalue weighted by Gasteiger charge is 2.27. The van der Waals surface area contributed by atoms with Crippen LogP contribution in [0.15, 0.2) is 89.0 Å². The summed E-state index contributed by atoms with van der Waals surface area (Å²) >= 11 is 0. The highest BCUT2D eigenvalue weighted by atomic mass is 32.2. The highest BCUT2D eigenvalue weighted by molar-refractivity contribution is 7.92. The van der Waals surface area contributed by atoms with Gasteiger partial charge in [0.15, 0.2) is 0 Å². The van der Waals surface area contributed by atoms with Crippen molar-refractivity contribution in [2.45, 2.75) is 11.8 Å². The fourth-order valence-electron chi connectivity index (χ4n) is 2.67. The molecule has 0 saturated heterocycles. The maximum Gasteiger partial charge on any atom is 0.265 e. The number of pyridine rings is 1. The van der Waals surface area contributed by atoms with Crippen LogP contribution in [-0.2, 0) is 14.8 Å². The molecule has 0 fully saturated rings. The number of carbonyl (C=O) groups is 1. The molecule has 0 spiro atoms. The number of amides is 1. The number of nitrogens with one attached hydrogen (secondary N) is 1. The molecule has 0 saturated carbocycles. The van der Waals surface area contributed by atoms with Crippen molar-refractivity contribution in [3.05, 3.63) is 84.6 Å². The molecule has 160 valence electrons. The Balaban J connectivity index is 1.73. The van der Waals surface area contributed by atoms with Gasteiger partial charge in [0, 0.05) is 6.20 Å². The molecule has 8 nitrogen and oxygen atoms in total. The molecule has 1 N–H and O–H groups in total. The van der Waals surface area contributed by atoms with Crippen LogP contribution in [0.3, 0.4) is 0 Å². The van der Waals surface area contributed by atoms with E-state index in [1.54, 1.807) is 54.6 Å². The minimum absolute atomic E-state index is 0.0614. The second kappa shape index (κ2) is 10.4. The zero-order valence-corrected chi connectivity index (χ0v) is 17.7. The third-order valence-corrected chi connectivity index (χ3v) is 5.88. The molecule has 0 bridgehead atoms. The number of carbonyl (C=O) groups excluding carboxylic acids is 1. The SMILES string of the molecule is CCOc1ccc(/C=N\NC(=O)CN(c2ccccn2)S(=O)(=O)c2ccccc2)cc1. The lowest BCUT2D eigenvalue weighted by Crippen LogP contribution is -2.40. The molecule has 0 unspecified atom stereocenters. The second-order valence-corrected chi connectivity index (χ2v) is 8.17. The Morgan fingerprint density at radius 2 is 1.77 bits per heavy atom. The molecule has 0 radical (unpaired) electrons. The maximum absolute atomic E-state index is 13.1. The minimum atomic E-state index is -3.99. The predicted molar refractivity (Wildman–Crippen MR) is 119 cm³/mol. The van der Waals surface area contributed by atoms with Gasteiger partial charge in [-0.2, -0.15) is 5.10 Å². The van der Waals surface area contributed by atoms with E-state index in [0.717, 1.165) is 15.6 Å². The number of aromatic nitrogens is 1. The van der Waals surface area contributed by atoms with Gasteiger partial charge in [0.1, 0.15) is 18.1 Å². The van der Waals surface area contributed by atoms with Crippen LogP contribution in [-0.4, -0.2) is 38.7 Å². The van der Waals surface area contributed by atoms with E-state index in [1.165, 1.54) is 30.6 Å². The fraction of sp³-hybridized carbons (Fsp3) is 0.136. The molecule has 1 aromatic heterocycles. The van der Waals surface area contributed by atoms with Crippen LogP contribution >= 0.6 is 0 Å². The number of hydrogen-bond donors (Lipinski definition) is 1. The third-order valence-electron chi connectivity index (χ3n) is 4.12. The number of sulfonamides is 1. The molecule has 3 rings (SSSR count). The van der Waals surface area contributed by atoms with Gasteiger partial charge in [-0.1, -0.05) is 24.3 Å². The maximum atomic E-state index is 13.1. The van der Waals surface area contributed by atoms with E-state index in [1.807, 2.05) is 6.92 Å². The number of anilines is 1. The second-order valence-electron chi connectivity index (χ2n) is 6.31. The van der Waals surface area contributed by atoms with E-state index in [2.05, 4.69) is 15.5 Å². The minimum Gasteiger partial charge on any atom is -0.494 e. The van der Waals surface area contributed by atoms with Crippen LogP contribution in [0, 0.1) is 0 Å². The van der Waals surface area contributed by atoms with Crippen LogP contribution in [0.2, 0.25) is 0 Å². The van der Waals surface area contributed by atoms with Crippen molar-refractivity contribution in [2.75, 3.05) is 17.5 Å². The molecular weight excluding hydrogens is 416 g/mol. The van der Waals surface area contributed by atoms with Gasteiger partial charge in [0.2, 0.25) is 0 Å². The van der Waals surface area contributed by atoms with Gasteiger partial charge in [-0.3, -0.25) is 4.79 Å². The topological polar surface area (TPSA) is 101 Å². The van der Waals surface area contributed by atoms with Gasteiger partial charge >= 0.3 is 0 Å². The third kappa shape index (κ3) is 5.89. The number of rotatable bonds is 9. The summed E-state index contributed by atoms with van der Waals surface area (Å²) in [5, 5.41) is 3.91. The summed E-state index contributed by atoms with van der Waals surface area (Å²) in [5.74, 6) is 0.269. The molecule has 0 aliphatic heterocycles. The number of hydrogen-bond acceptors (Lipinski definition) is 6. The average Bonchev–Trinajstić information content (AvgIpc) is 2.80. The molecule has 0 aliphatic rings. The Kier molecular flexibility index (Phi) is 7.34. The van der Waals surface area contributed by atoms with Gasteiger partial charge < -0.3 is 4.74 Å². The Bertz CT molecular complexity index is 1120. The van der Waals surface area contributed by atoms with Gasteiger partial charge in [-0.25, -0.2) is 23.1 Å². The Morgan fingerprint density at radius 1 is 1.06 bits per heavy atom. The average molecular weight is 439 g/mol. The van der Waals surface area contributed by atoms with Gasteiger partial charge in [0.05, 0.1) is 17.7 Å². The standard InChI is InChI=1S/C22H22N4O4S/c1-2-30-19-13-11-18(12-14-19)16-24-25-22(27)17-26(21-10-6-7-15-23-21)31(28,29)20-8-4-3-5-9-20/h3-16H,2,17H2,1H3,(H,25,27)/b24-16-. The summed E-state index contributed by atoms with van der Waals surface area (Å²) < 4.78 is 32.5. The zero-order chi connectivity index (χ0) is 22.1. The summed E-state index contributed by atoms with van der Waals surface area (Å²) in [6.45, 7) is 1.99. The van der Waals surface area contributed by atoms with Crippen LogP contribution in [0.25, 0.3) is 0 Å². The molecule has 1 amide bonds. The van der Waals surface area contributed by atoms with E-state index in [-0.39, 0.29) is 10.7 Å². The first-order valence-corrected chi connectivity index (χ1v) is 11.0. The van der Waals surface area contributed by atoms with Crippen molar-refractivity contribution < 1.29 is 17.9 Å². The van der Waals surface area contributed by atoms with Crippen molar-refractivity contribution in [1.82, 2.24) is 10.4 Å². The summed E-state index contributed by atoms with van der Waals surface area (Å²) in [4.78, 5) is 16.6. The zero-order valence-electron chi connectivity index (χ0n) is 16.9. The molecule has 1 heterocycles. The highest BCUT2D eigenvalue weighted by Crippen LogP contribution is 2.21. The predicted octanol–water partition coefficient (Wildman–Crippen LogP) is 2.83. The lowest BCUT2D eigenvalue weighted by molar-refractivity contribution is -0.119. The van der Waals surface area contributed by atoms with Crippen molar-refractivity contribution in [1.29, 1.82) is 0 Å². The van der Waals surface area contributed by atoms with E-state index < -0.39 is 22.5 Å². The van der Waals surface area contributed by atoms with Crippen LogP contribution in [0.4, 0.5) is 5.82 Å². The summed E-state index contributed by atoms with van der Waals surface area (Å²) in [7, 11) is -3.99. The van der Waals surface area contributed by atoms with Gasteiger partial charge in [-0.05, 0) is 61.0 Å². The van der Waals surface area contributed by atoms with E-state index in [9.17, 15) is 13.2 Å². The number of ether oxygens (including phenoxy) is 1. The number of hydrazone groups is 1. The first kappa shape index (κ1) is 22.0. The summed E-state index contributed by atoms with van der Waals surface area (Å²) in [6.07, 6.45) is 2.93. The Morgan fingerprint density at radius 3 is 2.42 bits per heavy atom. The number of nitrogens with zero attached hydrogens (tertiary/aromatic N) is 3. The molecule has 31 heavy (non-hydrogen) atoms. The molecule has 0 aliphatic carbocycles. The van der Waals surface area contributed by atoms with Gasteiger partial charge in [-0.15, -0.1) is 0 Å². The van der Waals surface area contributed by atoms with Crippen molar-refractivity contribution in [3.8, 4) is 5.75 Å². The smallest absolute Gasteiger partial charge is 0.265 e. The van der Waals surface area contributed by atoms with Crippen molar-refractivity contribution >= 4 is 28.0 Å². The van der Waals surface area contributed by atoms with E-state index in [0.29, 0.717) is 6.61 Å². The fourth-order valence-corrected chi connectivity index (χ4v) is 4.07. The van der Waals surface area contributed by atoms with Crippen molar-refractivity contribution in [3.63, 3.8) is 0 Å². The quantitative estimate of drug-likeness (QED) is 0.409. The summed E-state index contributed by atoms with van der Waals surface area (Å²) in [6, 6.07) is 19.9. The van der Waals surface area contributed by atoms with Gasteiger partial charge in [0.25, 0.3) is 15.9 Å². The molecular formula is C22H22N4O4S. The van der Waals surface area contributed by atoms with Crippen LogP contribution < -0.4 is 14.5 Å². The number of benzene rings is 2. The molecule has 9 heteroatoms. The lowest BCUT2D eigenvalue weighted by Gasteiger charge is -2.22. The molecule has 0 atom stereocenters. The van der Waals surface area contributed by atoms with E-state index in [4.69, 9.17) is 4.74 Å². The molecule has 2 aromatic carbocycles.